The van der Waals surface area contributed by atoms with E-state index in [9.17, 15) is 4.79 Å². The highest BCUT2D eigenvalue weighted by molar-refractivity contribution is 5.67. The quantitative estimate of drug-likeness (QED) is 0.947. The third-order valence-electron chi connectivity index (χ3n) is 4.00. The molecule has 0 fully saturated rings. The standard InChI is InChI=1S/C17H21N3O2/c21-17(22-12-9-14-5-2-1-3-6-14)20-10-4-7-15-16(8-11-20)19-13-18-15/h1-3,5-6,13H,4,7-12H2,(H,18,19). The van der Waals surface area contributed by atoms with Crippen LogP contribution in [-0.4, -0.2) is 40.7 Å². The van der Waals surface area contributed by atoms with Crippen LogP contribution in [0.2, 0.25) is 0 Å². The first kappa shape index (κ1) is 14.6. The lowest BCUT2D eigenvalue weighted by Gasteiger charge is -2.23. The summed E-state index contributed by atoms with van der Waals surface area (Å²) >= 11 is 0. The summed E-state index contributed by atoms with van der Waals surface area (Å²) in [6.07, 6.45) is 4.93. The Morgan fingerprint density at radius 2 is 2.09 bits per heavy atom. The zero-order valence-electron chi connectivity index (χ0n) is 12.6. The summed E-state index contributed by atoms with van der Waals surface area (Å²) in [5.74, 6) is 0. The molecule has 1 aromatic carbocycles. The number of hydrogen-bond acceptors (Lipinski definition) is 3. The second-order valence-electron chi connectivity index (χ2n) is 5.52. The van der Waals surface area contributed by atoms with Crippen LogP contribution in [0.25, 0.3) is 0 Å². The van der Waals surface area contributed by atoms with Crippen molar-refractivity contribution >= 4 is 6.09 Å². The Balaban J connectivity index is 1.48. The van der Waals surface area contributed by atoms with Gasteiger partial charge in [-0.15, -0.1) is 0 Å². The van der Waals surface area contributed by atoms with Crippen LogP contribution in [0.3, 0.4) is 0 Å². The molecule has 1 amide bonds. The molecule has 5 heteroatoms. The van der Waals surface area contributed by atoms with Crippen LogP contribution in [0.4, 0.5) is 4.79 Å². The number of nitrogens with one attached hydrogen (secondary N) is 1. The fraction of sp³-hybridized carbons (Fsp3) is 0.412. The van der Waals surface area contributed by atoms with Gasteiger partial charge in [0, 0.05) is 31.6 Å². The molecule has 2 aromatic rings. The third kappa shape index (κ3) is 3.67. The van der Waals surface area contributed by atoms with Gasteiger partial charge in [-0.05, 0) is 18.4 Å². The molecule has 0 radical (unpaired) electrons. The predicted molar refractivity (Wildman–Crippen MR) is 83.7 cm³/mol. The molecule has 0 saturated carbocycles. The summed E-state index contributed by atoms with van der Waals surface area (Å²) in [6.45, 7) is 1.83. The lowest BCUT2D eigenvalue weighted by atomic mass is 10.1. The number of nitrogens with zero attached hydrogens (tertiary/aromatic N) is 2. The molecule has 0 bridgehead atoms. The smallest absolute Gasteiger partial charge is 0.409 e. The highest BCUT2D eigenvalue weighted by Gasteiger charge is 2.19. The number of aryl methyl sites for hydroxylation is 1. The van der Waals surface area contributed by atoms with E-state index in [1.165, 1.54) is 11.3 Å². The van der Waals surface area contributed by atoms with Gasteiger partial charge in [-0.2, -0.15) is 0 Å². The van der Waals surface area contributed by atoms with E-state index in [-0.39, 0.29) is 6.09 Å². The fourth-order valence-electron chi connectivity index (χ4n) is 2.76. The molecule has 116 valence electrons. The number of imidazole rings is 1. The van der Waals surface area contributed by atoms with Crippen LogP contribution in [0.1, 0.15) is 23.4 Å². The monoisotopic (exact) mass is 299 g/mol. The number of ether oxygens (including phenoxy) is 1. The van der Waals surface area contributed by atoms with E-state index in [0.29, 0.717) is 13.2 Å². The molecular weight excluding hydrogens is 278 g/mol. The van der Waals surface area contributed by atoms with Gasteiger partial charge in [0.05, 0.1) is 18.6 Å². The van der Waals surface area contributed by atoms with Gasteiger partial charge in [-0.3, -0.25) is 0 Å². The number of fused-ring (bicyclic) bond motifs is 1. The molecule has 0 spiro atoms. The van der Waals surface area contributed by atoms with Gasteiger partial charge in [-0.25, -0.2) is 9.78 Å². The molecule has 22 heavy (non-hydrogen) atoms. The zero-order valence-corrected chi connectivity index (χ0v) is 12.6. The summed E-state index contributed by atoms with van der Waals surface area (Å²) in [4.78, 5) is 21.5. The van der Waals surface area contributed by atoms with Crippen molar-refractivity contribution < 1.29 is 9.53 Å². The van der Waals surface area contributed by atoms with Crippen LogP contribution >= 0.6 is 0 Å². The maximum absolute atomic E-state index is 12.2. The average molecular weight is 299 g/mol. The summed E-state index contributed by atoms with van der Waals surface area (Å²) in [7, 11) is 0. The maximum Gasteiger partial charge on any atom is 0.409 e. The van der Waals surface area contributed by atoms with E-state index < -0.39 is 0 Å². The largest absolute Gasteiger partial charge is 0.449 e. The number of aromatic amines is 1. The number of amides is 1. The van der Waals surface area contributed by atoms with Crippen molar-refractivity contribution in [3.8, 4) is 0 Å². The number of aromatic nitrogens is 2. The van der Waals surface area contributed by atoms with Gasteiger partial charge in [0.2, 0.25) is 0 Å². The number of carbonyl (C=O) groups is 1. The Labute approximate surface area is 130 Å². The SMILES string of the molecule is O=C(OCCc1ccccc1)N1CCCc2[nH]cnc2CC1. The average Bonchev–Trinajstić information content (AvgIpc) is 2.95. The minimum Gasteiger partial charge on any atom is -0.449 e. The van der Waals surface area contributed by atoms with Crippen molar-refractivity contribution in [3.05, 3.63) is 53.6 Å². The topological polar surface area (TPSA) is 58.2 Å². The maximum atomic E-state index is 12.2. The van der Waals surface area contributed by atoms with E-state index in [4.69, 9.17) is 4.74 Å². The second kappa shape index (κ2) is 7.11. The van der Waals surface area contributed by atoms with E-state index >= 15 is 0 Å². The highest BCUT2D eigenvalue weighted by atomic mass is 16.6. The molecule has 5 nitrogen and oxygen atoms in total. The van der Waals surface area contributed by atoms with Crippen molar-refractivity contribution in [2.75, 3.05) is 19.7 Å². The van der Waals surface area contributed by atoms with Crippen molar-refractivity contribution in [3.63, 3.8) is 0 Å². The minimum absolute atomic E-state index is 0.213. The summed E-state index contributed by atoms with van der Waals surface area (Å²) in [5, 5.41) is 0. The van der Waals surface area contributed by atoms with Crippen LogP contribution < -0.4 is 0 Å². The molecule has 3 rings (SSSR count). The molecule has 1 aliphatic heterocycles. The van der Waals surface area contributed by atoms with E-state index in [2.05, 4.69) is 9.97 Å². The summed E-state index contributed by atoms with van der Waals surface area (Å²) < 4.78 is 5.41. The number of carbonyl (C=O) groups excluding carboxylic acids is 1. The zero-order chi connectivity index (χ0) is 15.2. The molecular formula is C17H21N3O2. The lowest BCUT2D eigenvalue weighted by Crippen LogP contribution is -2.36. The Morgan fingerprint density at radius 3 is 2.95 bits per heavy atom. The van der Waals surface area contributed by atoms with Crippen molar-refractivity contribution in [2.45, 2.75) is 25.7 Å². The Bertz CT molecular complexity index is 609. The van der Waals surface area contributed by atoms with Crippen molar-refractivity contribution in [2.24, 2.45) is 0 Å². The van der Waals surface area contributed by atoms with Crippen LogP contribution in [0.15, 0.2) is 36.7 Å². The molecule has 1 aliphatic rings. The molecule has 0 atom stereocenters. The Hall–Kier alpha value is -2.30. The second-order valence-corrected chi connectivity index (χ2v) is 5.52. The fourth-order valence-corrected chi connectivity index (χ4v) is 2.76. The van der Waals surface area contributed by atoms with Gasteiger partial charge >= 0.3 is 6.09 Å². The molecule has 0 saturated heterocycles. The Kier molecular flexibility index (Phi) is 4.73. The van der Waals surface area contributed by atoms with E-state index in [0.717, 1.165) is 37.9 Å². The minimum atomic E-state index is -0.213. The van der Waals surface area contributed by atoms with E-state index in [1.54, 1.807) is 11.2 Å². The van der Waals surface area contributed by atoms with Gasteiger partial charge in [0.1, 0.15) is 0 Å². The number of H-pyrrole nitrogens is 1. The van der Waals surface area contributed by atoms with E-state index in [1.807, 2.05) is 30.3 Å². The third-order valence-corrected chi connectivity index (χ3v) is 4.00. The van der Waals surface area contributed by atoms with Gasteiger partial charge < -0.3 is 14.6 Å². The summed E-state index contributed by atoms with van der Waals surface area (Å²) in [6, 6.07) is 10.1. The van der Waals surface area contributed by atoms with Gasteiger partial charge in [0.15, 0.2) is 0 Å². The lowest BCUT2D eigenvalue weighted by molar-refractivity contribution is 0.102. The summed E-state index contributed by atoms with van der Waals surface area (Å²) in [5.41, 5.74) is 3.46. The Morgan fingerprint density at radius 1 is 1.23 bits per heavy atom. The van der Waals surface area contributed by atoms with Crippen molar-refractivity contribution in [1.82, 2.24) is 14.9 Å². The molecule has 0 aliphatic carbocycles. The van der Waals surface area contributed by atoms with Gasteiger partial charge in [0.25, 0.3) is 0 Å². The first-order chi connectivity index (χ1) is 10.8. The van der Waals surface area contributed by atoms with Crippen LogP contribution in [0, 0.1) is 0 Å². The highest BCUT2D eigenvalue weighted by Crippen LogP contribution is 2.13. The first-order valence-electron chi connectivity index (χ1n) is 7.79. The molecule has 1 N–H and O–H groups in total. The molecule has 1 aromatic heterocycles. The first-order valence-corrected chi connectivity index (χ1v) is 7.79. The molecule has 0 unspecified atom stereocenters. The van der Waals surface area contributed by atoms with Gasteiger partial charge in [-0.1, -0.05) is 30.3 Å². The number of hydrogen-bond donors (Lipinski definition) is 1. The molecule has 2 heterocycles. The number of rotatable bonds is 3. The number of benzene rings is 1. The van der Waals surface area contributed by atoms with Crippen LogP contribution in [0.5, 0.6) is 0 Å². The predicted octanol–water partition coefficient (Wildman–Crippen LogP) is 2.58. The normalized spacial score (nSPS) is 14.8. The van der Waals surface area contributed by atoms with Crippen molar-refractivity contribution in [1.29, 1.82) is 0 Å². The van der Waals surface area contributed by atoms with Crippen LogP contribution in [-0.2, 0) is 24.0 Å².